The van der Waals surface area contributed by atoms with Crippen molar-refractivity contribution in [1.82, 2.24) is 19.7 Å². The maximum atomic E-state index is 13.3. The minimum atomic E-state index is -0.240. The maximum Gasteiger partial charge on any atom is 0.181 e. The smallest absolute Gasteiger partial charge is 0.181 e. The molecule has 0 spiro atoms. The van der Waals surface area contributed by atoms with Gasteiger partial charge in [-0.1, -0.05) is 0 Å². The molecular formula is C20H27FN4O. The second kappa shape index (κ2) is 7.08. The Hall–Kier alpha value is -1.79. The Kier molecular flexibility index (Phi) is 4.80. The van der Waals surface area contributed by atoms with Crippen LogP contribution in [0.1, 0.15) is 44.5 Å². The molecule has 4 rings (SSSR count). The first-order valence-electron chi connectivity index (χ1n) is 9.56. The third kappa shape index (κ3) is 3.67. The lowest BCUT2D eigenvalue weighted by atomic mass is 9.97. The molecule has 2 saturated heterocycles. The largest absolute Gasteiger partial charge is 0.375 e. The Morgan fingerprint density at radius 1 is 1.23 bits per heavy atom. The van der Waals surface area contributed by atoms with Crippen LogP contribution in [0.3, 0.4) is 0 Å². The van der Waals surface area contributed by atoms with Crippen molar-refractivity contribution in [1.29, 1.82) is 0 Å². The summed E-state index contributed by atoms with van der Waals surface area (Å²) in [5.41, 5.74) is 0.702. The van der Waals surface area contributed by atoms with Crippen LogP contribution in [0.5, 0.6) is 0 Å². The second-order valence-corrected chi connectivity index (χ2v) is 7.92. The summed E-state index contributed by atoms with van der Waals surface area (Å²) >= 11 is 0. The number of hydrogen-bond donors (Lipinski definition) is 0. The van der Waals surface area contributed by atoms with Gasteiger partial charge in [0.05, 0.1) is 11.6 Å². The number of halogens is 1. The van der Waals surface area contributed by atoms with Gasteiger partial charge in [-0.05, 0) is 77.0 Å². The third-order valence-corrected chi connectivity index (χ3v) is 5.67. The van der Waals surface area contributed by atoms with E-state index in [-0.39, 0.29) is 11.4 Å². The number of nitrogens with zero attached hydrogens (tertiary/aromatic N) is 4. The number of ether oxygens (including phenoxy) is 1. The summed E-state index contributed by atoms with van der Waals surface area (Å²) in [6.07, 6.45) is 5.08. The van der Waals surface area contributed by atoms with E-state index in [1.807, 2.05) is 0 Å². The number of rotatable bonds is 4. The first kappa shape index (κ1) is 17.6. The fraction of sp³-hybridized carbons (Fsp3) is 0.600. The Morgan fingerprint density at radius 3 is 2.62 bits per heavy atom. The Labute approximate surface area is 154 Å². The van der Waals surface area contributed by atoms with E-state index in [0.29, 0.717) is 11.9 Å². The molecule has 1 unspecified atom stereocenters. The van der Waals surface area contributed by atoms with Crippen LogP contribution in [-0.4, -0.2) is 52.0 Å². The summed E-state index contributed by atoms with van der Waals surface area (Å²) in [5.74, 6) is 1.43. The molecule has 0 bridgehead atoms. The standard InChI is InChI=1S/C20H27FN4O/c1-20(10-3-13-26-20)14-18-22-19(15-4-6-16(21)7-5-15)23-25(18)17-8-11-24(2)12-9-17/h4-7,17H,3,8-14H2,1-2H3. The average molecular weight is 358 g/mol. The van der Waals surface area contributed by atoms with Gasteiger partial charge in [-0.25, -0.2) is 14.1 Å². The lowest BCUT2D eigenvalue weighted by Crippen LogP contribution is -2.34. The highest BCUT2D eigenvalue weighted by molar-refractivity contribution is 5.54. The first-order chi connectivity index (χ1) is 12.5. The number of likely N-dealkylation sites (tertiary alicyclic amines) is 1. The highest BCUT2D eigenvalue weighted by Crippen LogP contribution is 2.31. The Balaban J connectivity index is 1.66. The van der Waals surface area contributed by atoms with Gasteiger partial charge < -0.3 is 9.64 Å². The molecule has 2 fully saturated rings. The molecule has 3 heterocycles. The molecule has 2 aliphatic rings. The molecule has 0 radical (unpaired) electrons. The number of piperidine rings is 1. The van der Waals surface area contributed by atoms with Crippen LogP contribution in [0.25, 0.3) is 11.4 Å². The van der Waals surface area contributed by atoms with Crippen LogP contribution in [0.15, 0.2) is 24.3 Å². The molecule has 1 aromatic carbocycles. The van der Waals surface area contributed by atoms with Crippen molar-refractivity contribution in [2.45, 2.75) is 50.7 Å². The van der Waals surface area contributed by atoms with Crippen molar-refractivity contribution in [2.24, 2.45) is 0 Å². The monoisotopic (exact) mass is 358 g/mol. The highest BCUT2D eigenvalue weighted by Gasteiger charge is 2.33. The molecule has 6 heteroatoms. The van der Waals surface area contributed by atoms with Crippen LogP contribution in [0.4, 0.5) is 4.39 Å². The van der Waals surface area contributed by atoms with Crippen molar-refractivity contribution in [3.8, 4) is 11.4 Å². The van der Waals surface area contributed by atoms with Crippen LogP contribution in [-0.2, 0) is 11.2 Å². The van der Waals surface area contributed by atoms with Crippen molar-refractivity contribution in [3.05, 3.63) is 35.9 Å². The normalized spacial score (nSPS) is 25.0. The number of benzene rings is 1. The lowest BCUT2D eigenvalue weighted by Gasteiger charge is -2.30. The van der Waals surface area contributed by atoms with Gasteiger partial charge in [-0.3, -0.25) is 0 Å². The molecule has 0 N–H and O–H groups in total. The molecule has 2 aromatic rings. The van der Waals surface area contributed by atoms with E-state index >= 15 is 0 Å². The second-order valence-electron chi connectivity index (χ2n) is 7.92. The topological polar surface area (TPSA) is 43.2 Å². The molecule has 1 aromatic heterocycles. The zero-order valence-corrected chi connectivity index (χ0v) is 15.6. The van der Waals surface area contributed by atoms with E-state index in [0.717, 1.165) is 63.2 Å². The van der Waals surface area contributed by atoms with E-state index in [1.165, 1.54) is 12.1 Å². The lowest BCUT2D eigenvalue weighted by molar-refractivity contribution is 0.0177. The SMILES string of the molecule is CN1CCC(n2nc(-c3ccc(F)cc3)nc2CC2(C)CCCO2)CC1. The van der Waals surface area contributed by atoms with Gasteiger partial charge in [0.25, 0.3) is 0 Å². The van der Waals surface area contributed by atoms with E-state index in [1.54, 1.807) is 12.1 Å². The van der Waals surface area contributed by atoms with Crippen molar-refractivity contribution in [2.75, 3.05) is 26.7 Å². The zero-order chi connectivity index (χ0) is 18.1. The molecule has 0 amide bonds. The third-order valence-electron chi connectivity index (χ3n) is 5.67. The van der Waals surface area contributed by atoms with E-state index in [2.05, 4.69) is 23.6 Å². The van der Waals surface area contributed by atoms with Crippen LogP contribution < -0.4 is 0 Å². The number of hydrogen-bond acceptors (Lipinski definition) is 4. The molecule has 5 nitrogen and oxygen atoms in total. The quantitative estimate of drug-likeness (QED) is 0.839. The van der Waals surface area contributed by atoms with Crippen LogP contribution >= 0.6 is 0 Å². The van der Waals surface area contributed by atoms with Crippen LogP contribution in [0, 0.1) is 5.82 Å². The summed E-state index contributed by atoms with van der Waals surface area (Å²) in [6, 6.07) is 6.80. The van der Waals surface area contributed by atoms with Crippen LogP contribution in [0.2, 0.25) is 0 Å². The summed E-state index contributed by atoms with van der Waals surface area (Å²) in [6.45, 7) is 5.14. The Bertz CT molecular complexity index is 744. The van der Waals surface area contributed by atoms with E-state index in [4.69, 9.17) is 14.8 Å². The predicted molar refractivity (Wildman–Crippen MR) is 98.5 cm³/mol. The fourth-order valence-corrected chi connectivity index (χ4v) is 4.04. The molecule has 26 heavy (non-hydrogen) atoms. The number of aromatic nitrogens is 3. The highest BCUT2D eigenvalue weighted by atomic mass is 19.1. The summed E-state index contributed by atoms with van der Waals surface area (Å²) in [5, 5.41) is 4.84. The van der Waals surface area contributed by atoms with Gasteiger partial charge in [0.2, 0.25) is 0 Å². The maximum absolute atomic E-state index is 13.3. The zero-order valence-electron chi connectivity index (χ0n) is 15.6. The molecule has 1 atom stereocenters. The molecule has 0 saturated carbocycles. The minimum absolute atomic E-state index is 0.156. The van der Waals surface area contributed by atoms with Crippen molar-refractivity contribution < 1.29 is 9.13 Å². The predicted octanol–water partition coefficient (Wildman–Crippen LogP) is 3.46. The first-order valence-corrected chi connectivity index (χ1v) is 9.56. The Morgan fingerprint density at radius 2 is 1.96 bits per heavy atom. The summed E-state index contributed by atoms with van der Waals surface area (Å²) in [7, 11) is 2.16. The molecular weight excluding hydrogens is 331 g/mol. The summed E-state index contributed by atoms with van der Waals surface area (Å²) in [4.78, 5) is 7.21. The summed E-state index contributed by atoms with van der Waals surface area (Å²) < 4.78 is 21.4. The fourth-order valence-electron chi connectivity index (χ4n) is 4.04. The van der Waals surface area contributed by atoms with Gasteiger partial charge in [-0.15, -0.1) is 0 Å². The minimum Gasteiger partial charge on any atom is -0.375 e. The van der Waals surface area contributed by atoms with Gasteiger partial charge in [0.15, 0.2) is 5.82 Å². The average Bonchev–Trinajstić information content (AvgIpc) is 3.23. The van der Waals surface area contributed by atoms with Crippen molar-refractivity contribution in [3.63, 3.8) is 0 Å². The molecule has 2 aliphatic heterocycles. The van der Waals surface area contributed by atoms with Gasteiger partial charge in [-0.2, -0.15) is 5.10 Å². The molecule has 140 valence electrons. The van der Waals surface area contributed by atoms with Gasteiger partial charge in [0, 0.05) is 18.6 Å². The van der Waals surface area contributed by atoms with Crippen molar-refractivity contribution >= 4 is 0 Å². The van der Waals surface area contributed by atoms with Gasteiger partial charge >= 0.3 is 0 Å². The molecule has 0 aliphatic carbocycles. The van der Waals surface area contributed by atoms with Gasteiger partial charge in [0.1, 0.15) is 11.6 Å². The van der Waals surface area contributed by atoms with E-state index in [9.17, 15) is 4.39 Å². The van der Waals surface area contributed by atoms with E-state index < -0.39 is 0 Å².